The number of amides is 1. The number of carbonyl (C=O) groups is 1. The van der Waals surface area contributed by atoms with E-state index in [0.717, 1.165) is 5.56 Å². The number of rotatable bonds is 6. The molecule has 0 bridgehead atoms. The standard InChI is InChI=1S/C18H17N5O2/c1-25-16-7-3-2-6-14(16)23-18(24)15-9-17(22-12-21-15)20-11-13-5-4-8-19-10-13/h2-10,12H,11H2,1H3,(H,23,24)(H,20,21,22). The SMILES string of the molecule is COc1ccccc1NC(=O)c1cc(NCc2cccnc2)ncn1. The van der Waals surface area contributed by atoms with Gasteiger partial charge in [-0.1, -0.05) is 18.2 Å². The summed E-state index contributed by atoms with van der Waals surface area (Å²) in [6, 6.07) is 12.6. The molecule has 7 heteroatoms. The Bertz CT molecular complexity index is 855. The first-order chi connectivity index (χ1) is 12.3. The van der Waals surface area contributed by atoms with Crippen LogP contribution >= 0.6 is 0 Å². The minimum Gasteiger partial charge on any atom is -0.495 e. The van der Waals surface area contributed by atoms with Crippen LogP contribution in [-0.4, -0.2) is 28.0 Å². The summed E-state index contributed by atoms with van der Waals surface area (Å²) in [6.07, 6.45) is 4.83. The maximum Gasteiger partial charge on any atom is 0.274 e. The molecule has 126 valence electrons. The molecule has 2 aromatic heterocycles. The van der Waals surface area contributed by atoms with E-state index in [1.54, 1.807) is 37.7 Å². The number of para-hydroxylation sites is 2. The zero-order valence-corrected chi connectivity index (χ0v) is 13.6. The highest BCUT2D eigenvalue weighted by molar-refractivity contribution is 6.04. The lowest BCUT2D eigenvalue weighted by atomic mass is 10.2. The van der Waals surface area contributed by atoms with Crippen molar-refractivity contribution >= 4 is 17.4 Å². The third-order valence-electron chi connectivity index (χ3n) is 3.45. The number of aromatic nitrogens is 3. The van der Waals surface area contributed by atoms with E-state index in [9.17, 15) is 4.79 Å². The summed E-state index contributed by atoms with van der Waals surface area (Å²) in [6.45, 7) is 0.554. The smallest absolute Gasteiger partial charge is 0.274 e. The van der Waals surface area contributed by atoms with Gasteiger partial charge in [0.1, 0.15) is 23.6 Å². The molecule has 0 aliphatic carbocycles. The average Bonchev–Trinajstić information content (AvgIpc) is 2.68. The number of anilines is 2. The molecule has 0 aliphatic heterocycles. The molecule has 0 radical (unpaired) electrons. The molecule has 0 saturated carbocycles. The van der Waals surface area contributed by atoms with Crippen molar-refractivity contribution in [3.63, 3.8) is 0 Å². The Hall–Kier alpha value is -3.48. The Morgan fingerprint density at radius 2 is 2.04 bits per heavy atom. The van der Waals surface area contributed by atoms with Gasteiger partial charge in [0.25, 0.3) is 5.91 Å². The predicted octanol–water partition coefficient (Wildman–Crippen LogP) is 2.74. The van der Waals surface area contributed by atoms with Gasteiger partial charge in [-0.05, 0) is 23.8 Å². The summed E-state index contributed by atoms with van der Waals surface area (Å²) >= 11 is 0. The number of hydrogen-bond acceptors (Lipinski definition) is 6. The van der Waals surface area contributed by atoms with E-state index in [2.05, 4.69) is 25.6 Å². The molecule has 0 spiro atoms. The molecular weight excluding hydrogens is 318 g/mol. The highest BCUT2D eigenvalue weighted by Gasteiger charge is 2.11. The topological polar surface area (TPSA) is 89.0 Å². The van der Waals surface area contributed by atoms with E-state index >= 15 is 0 Å². The van der Waals surface area contributed by atoms with E-state index < -0.39 is 0 Å². The highest BCUT2D eigenvalue weighted by Crippen LogP contribution is 2.23. The van der Waals surface area contributed by atoms with Gasteiger partial charge >= 0.3 is 0 Å². The number of pyridine rings is 1. The van der Waals surface area contributed by atoms with Crippen LogP contribution in [0, 0.1) is 0 Å². The quantitative estimate of drug-likeness (QED) is 0.720. The fourth-order valence-electron chi connectivity index (χ4n) is 2.21. The molecule has 3 rings (SSSR count). The summed E-state index contributed by atoms with van der Waals surface area (Å²) in [7, 11) is 1.55. The normalized spacial score (nSPS) is 10.1. The molecule has 0 unspecified atom stereocenters. The summed E-state index contributed by atoms with van der Waals surface area (Å²) in [4.78, 5) is 24.6. The third-order valence-corrected chi connectivity index (χ3v) is 3.45. The lowest BCUT2D eigenvalue weighted by Crippen LogP contribution is -2.15. The van der Waals surface area contributed by atoms with Gasteiger partial charge in [0.15, 0.2) is 0 Å². The lowest BCUT2D eigenvalue weighted by Gasteiger charge is -2.10. The molecule has 3 aromatic rings. The van der Waals surface area contributed by atoms with Crippen LogP contribution in [0.1, 0.15) is 16.1 Å². The molecule has 0 atom stereocenters. The second kappa shape index (κ2) is 7.87. The van der Waals surface area contributed by atoms with Crippen molar-refractivity contribution in [2.24, 2.45) is 0 Å². The van der Waals surface area contributed by atoms with Crippen molar-refractivity contribution in [1.29, 1.82) is 0 Å². The highest BCUT2D eigenvalue weighted by atomic mass is 16.5. The molecule has 2 N–H and O–H groups in total. The Morgan fingerprint density at radius 1 is 1.16 bits per heavy atom. The number of methoxy groups -OCH3 is 1. The van der Waals surface area contributed by atoms with Crippen LogP contribution in [-0.2, 0) is 6.54 Å². The van der Waals surface area contributed by atoms with Crippen molar-refractivity contribution in [3.05, 3.63) is 72.4 Å². The van der Waals surface area contributed by atoms with Crippen molar-refractivity contribution in [1.82, 2.24) is 15.0 Å². The van der Waals surface area contributed by atoms with Gasteiger partial charge in [-0.3, -0.25) is 9.78 Å². The fraction of sp³-hybridized carbons (Fsp3) is 0.111. The molecule has 25 heavy (non-hydrogen) atoms. The van der Waals surface area contributed by atoms with Gasteiger partial charge in [-0.15, -0.1) is 0 Å². The van der Waals surface area contributed by atoms with Crippen LogP contribution < -0.4 is 15.4 Å². The zero-order valence-electron chi connectivity index (χ0n) is 13.6. The van der Waals surface area contributed by atoms with E-state index in [-0.39, 0.29) is 11.6 Å². The Morgan fingerprint density at radius 3 is 2.84 bits per heavy atom. The predicted molar refractivity (Wildman–Crippen MR) is 94.5 cm³/mol. The number of nitrogens with zero attached hydrogens (tertiary/aromatic N) is 3. The van der Waals surface area contributed by atoms with Gasteiger partial charge < -0.3 is 15.4 Å². The van der Waals surface area contributed by atoms with Crippen molar-refractivity contribution in [2.75, 3.05) is 17.7 Å². The summed E-state index contributed by atoms with van der Waals surface area (Å²) in [5.74, 6) is 0.806. The van der Waals surface area contributed by atoms with E-state index in [1.165, 1.54) is 6.33 Å². The molecule has 1 amide bonds. The first-order valence-corrected chi connectivity index (χ1v) is 7.65. The Balaban J connectivity index is 1.69. The average molecular weight is 335 g/mol. The maximum atomic E-state index is 12.4. The number of ether oxygens (including phenoxy) is 1. The fourth-order valence-corrected chi connectivity index (χ4v) is 2.21. The summed E-state index contributed by atoms with van der Waals surface area (Å²) in [5.41, 5.74) is 1.86. The van der Waals surface area contributed by atoms with Crippen molar-refractivity contribution in [3.8, 4) is 5.75 Å². The third kappa shape index (κ3) is 4.29. The largest absolute Gasteiger partial charge is 0.495 e. The van der Waals surface area contributed by atoms with Crippen LogP contribution in [0.4, 0.5) is 11.5 Å². The van der Waals surface area contributed by atoms with Crippen LogP contribution in [0.15, 0.2) is 61.2 Å². The number of nitrogens with one attached hydrogen (secondary N) is 2. The second-order valence-corrected chi connectivity index (χ2v) is 5.16. The first-order valence-electron chi connectivity index (χ1n) is 7.65. The lowest BCUT2D eigenvalue weighted by molar-refractivity contribution is 0.102. The van der Waals surface area contributed by atoms with Gasteiger partial charge in [0.05, 0.1) is 12.8 Å². The van der Waals surface area contributed by atoms with Gasteiger partial charge in [0.2, 0.25) is 0 Å². The summed E-state index contributed by atoms with van der Waals surface area (Å²) in [5, 5.41) is 5.93. The van der Waals surface area contributed by atoms with Crippen molar-refractivity contribution < 1.29 is 9.53 Å². The van der Waals surface area contributed by atoms with E-state index in [1.807, 2.05) is 24.3 Å². The van der Waals surface area contributed by atoms with Gasteiger partial charge in [-0.2, -0.15) is 0 Å². The minimum absolute atomic E-state index is 0.259. The number of hydrogen-bond donors (Lipinski definition) is 2. The Labute approximate surface area is 145 Å². The number of benzene rings is 1. The molecule has 2 heterocycles. The van der Waals surface area contributed by atoms with Crippen LogP contribution in [0.25, 0.3) is 0 Å². The molecule has 7 nitrogen and oxygen atoms in total. The van der Waals surface area contributed by atoms with Gasteiger partial charge in [0, 0.05) is 25.0 Å². The van der Waals surface area contributed by atoms with Crippen LogP contribution in [0.3, 0.4) is 0 Å². The number of carbonyl (C=O) groups excluding carboxylic acids is 1. The van der Waals surface area contributed by atoms with E-state index in [4.69, 9.17) is 4.74 Å². The molecule has 0 aliphatic rings. The molecule has 0 saturated heterocycles. The monoisotopic (exact) mass is 335 g/mol. The van der Waals surface area contributed by atoms with E-state index in [0.29, 0.717) is 23.8 Å². The van der Waals surface area contributed by atoms with Crippen LogP contribution in [0.5, 0.6) is 5.75 Å². The second-order valence-electron chi connectivity index (χ2n) is 5.16. The first kappa shape index (κ1) is 16.4. The molecule has 0 fully saturated rings. The molecular formula is C18H17N5O2. The molecule has 1 aromatic carbocycles. The van der Waals surface area contributed by atoms with Crippen LogP contribution in [0.2, 0.25) is 0 Å². The van der Waals surface area contributed by atoms with Gasteiger partial charge in [-0.25, -0.2) is 9.97 Å². The minimum atomic E-state index is -0.337. The summed E-state index contributed by atoms with van der Waals surface area (Å²) < 4.78 is 5.23. The zero-order chi connectivity index (χ0) is 17.5. The maximum absolute atomic E-state index is 12.4. The Kier molecular flexibility index (Phi) is 5.16. The van der Waals surface area contributed by atoms with Crippen molar-refractivity contribution in [2.45, 2.75) is 6.54 Å².